The Hall–Kier alpha value is -4.11. The molecule has 0 aliphatic carbocycles. The number of aryl methyl sites for hydroxylation is 1. The highest BCUT2D eigenvalue weighted by atomic mass is 32.2. The molecule has 0 fully saturated rings. The average Bonchev–Trinajstić information content (AvgIpc) is 2.88. The third-order valence-electron chi connectivity index (χ3n) is 5.20. The van der Waals surface area contributed by atoms with Gasteiger partial charge in [-0.25, -0.2) is 10.4 Å². The summed E-state index contributed by atoms with van der Waals surface area (Å²) < 4.78 is 12.1. The number of hydrogen-bond donors (Lipinski definition) is 1. The molecule has 35 heavy (non-hydrogen) atoms. The molecule has 0 aliphatic heterocycles. The van der Waals surface area contributed by atoms with Gasteiger partial charge in [0.15, 0.2) is 5.16 Å². The number of carbonyl (C=O) groups excluding carboxylic acids is 1. The molecular weight excluding hydrogens is 464 g/mol. The first-order chi connectivity index (χ1) is 17.0. The molecule has 8 nitrogen and oxygen atoms in total. The quantitative estimate of drug-likeness (QED) is 0.175. The number of nitrogens with one attached hydrogen (secondary N) is 1. The summed E-state index contributed by atoms with van der Waals surface area (Å²) in [6, 6.07) is 20.0. The van der Waals surface area contributed by atoms with Crippen molar-refractivity contribution in [1.82, 2.24) is 15.0 Å². The van der Waals surface area contributed by atoms with Crippen molar-refractivity contribution in [2.45, 2.75) is 12.1 Å². The highest BCUT2D eigenvalue weighted by Crippen LogP contribution is 2.23. The summed E-state index contributed by atoms with van der Waals surface area (Å²) >= 11 is 1.16. The Morgan fingerprint density at radius 2 is 1.86 bits per heavy atom. The summed E-state index contributed by atoms with van der Waals surface area (Å²) in [5, 5.41) is 4.97. The number of hydrogen-bond acceptors (Lipinski definition) is 7. The summed E-state index contributed by atoms with van der Waals surface area (Å²) in [6.07, 6.45) is 1.49. The molecular formula is C26H24N4O4S. The molecule has 0 spiro atoms. The molecule has 0 atom stereocenters. The smallest absolute Gasteiger partial charge is 0.266 e. The number of nitrogens with zero attached hydrogens (tertiary/aromatic N) is 3. The van der Waals surface area contributed by atoms with Crippen LogP contribution in [-0.4, -0.2) is 41.6 Å². The van der Waals surface area contributed by atoms with Gasteiger partial charge >= 0.3 is 0 Å². The van der Waals surface area contributed by atoms with Gasteiger partial charge in [-0.3, -0.25) is 14.2 Å². The van der Waals surface area contributed by atoms with E-state index in [-0.39, 0.29) is 17.2 Å². The number of aromatic nitrogens is 2. The van der Waals surface area contributed by atoms with Crippen LogP contribution in [0.15, 0.2) is 81.8 Å². The topological polar surface area (TPSA) is 94.8 Å². The van der Waals surface area contributed by atoms with Crippen molar-refractivity contribution >= 4 is 34.8 Å². The van der Waals surface area contributed by atoms with E-state index in [4.69, 9.17) is 9.47 Å². The number of hydrazone groups is 1. The zero-order valence-corrected chi connectivity index (χ0v) is 20.3. The molecule has 0 saturated carbocycles. The maximum atomic E-state index is 13.3. The molecule has 0 radical (unpaired) electrons. The molecule has 1 N–H and O–H groups in total. The monoisotopic (exact) mass is 488 g/mol. The molecule has 0 aliphatic rings. The normalized spacial score (nSPS) is 11.1. The van der Waals surface area contributed by atoms with Crippen molar-refractivity contribution in [3.05, 3.63) is 88.2 Å². The number of rotatable bonds is 8. The molecule has 0 unspecified atom stereocenters. The molecule has 1 aromatic heterocycles. The van der Waals surface area contributed by atoms with Crippen molar-refractivity contribution in [2.24, 2.45) is 5.10 Å². The van der Waals surface area contributed by atoms with Crippen LogP contribution in [0.5, 0.6) is 11.5 Å². The van der Waals surface area contributed by atoms with Gasteiger partial charge in [0.05, 0.1) is 42.8 Å². The number of amides is 1. The van der Waals surface area contributed by atoms with E-state index >= 15 is 0 Å². The summed E-state index contributed by atoms with van der Waals surface area (Å²) in [4.78, 5) is 30.4. The summed E-state index contributed by atoms with van der Waals surface area (Å²) in [5.41, 5.74) is 5.31. The first-order valence-corrected chi connectivity index (χ1v) is 11.7. The highest BCUT2D eigenvalue weighted by Gasteiger charge is 2.14. The van der Waals surface area contributed by atoms with Crippen molar-refractivity contribution in [2.75, 3.05) is 20.0 Å². The highest BCUT2D eigenvalue weighted by molar-refractivity contribution is 7.99. The number of fused-ring (bicyclic) bond motifs is 1. The van der Waals surface area contributed by atoms with Crippen LogP contribution in [0.1, 0.15) is 11.1 Å². The van der Waals surface area contributed by atoms with Crippen LogP contribution >= 0.6 is 11.8 Å². The summed E-state index contributed by atoms with van der Waals surface area (Å²) in [5.74, 6) is 0.917. The van der Waals surface area contributed by atoms with Crippen LogP contribution in [0.2, 0.25) is 0 Å². The van der Waals surface area contributed by atoms with Crippen molar-refractivity contribution in [1.29, 1.82) is 0 Å². The third kappa shape index (κ3) is 5.52. The Labute approximate surface area is 206 Å². The van der Waals surface area contributed by atoms with Crippen LogP contribution in [-0.2, 0) is 4.79 Å². The number of para-hydroxylation sites is 1. The summed E-state index contributed by atoms with van der Waals surface area (Å²) in [7, 11) is 3.12. The standard InChI is InChI=1S/C26H24N4O4S/c1-17-8-10-19(11-9-17)30-25(32)21-6-4-5-7-22(21)28-26(30)35-16-24(31)29-27-15-18-14-20(33-2)12-13-23(18)34-3/h4-15H,16H2,1-3H3,(H,29,31). The van der Waals surface area contributed by atoms with Gasteiger partial charge in [0, 0.05) is 5.56 Å². The van der Waals surface area contributed by atoms with Crippen LogP contribution in [0.4, 0.5) is 0 Å². The number of thioether (sulfide) groups is 1. The van der Waals surface area contributed by atoms with E-state index in [9.17, 15) is 9.59 Å². The van der Waals surface area contributed by atoms with Crippen molar-refractivity contribution in [3.8, 4) is 17.2 Å². The lowest BCUT2D eigenvalue weighted by atomic mass is 10.2. The zero-order chi connectivity index (χ0) is 24.8. The minimum atomic E-state index is -0.342. The number of ether oxygens (including phenoxy) is 2. The van der Waals surface area contributed by atoms with Crippen LogP contribution in [0, 0.1) is 6.92 Å². The molecule has 9 heteroatoms. The van der Waals surface area contributed by atoms with E-state index in [1.54, 1.807) is 50.6 Å². The van der Waals surface area contributed by atoms with E-state index in [0.29, 0.717) is 38.8 Å². The lowest BCUT2D eigenvalue weighted by Crippen LogP contribution is -2.24. The predicted molar refractivity (Wildman–Crippen MR) is 138 cm³/mol. The fourth-order valence-electron chi connectivity index (χ4n) is 3.41. The predicted octanol–water partition coefficient (Wildman–Crippen LogP) is 3.95. The average molecular weight is 489 g/mol. The van der Waals surface area contributed by atoms with Gasteiger partial charge in [-0.15, -0.1) is 0 Å². The molecule has 1 amide bonds. The molecule has 178 valence electrons. The van der Waals surface area contributed by atoms with Gasteiger partial charge in [-0.2, -0.15) is 5.10 Å². The third-order valence-corrected chi connectivity index (χ3v) is 6.14. The van der Waals surface area contributed by atoms with Gasteiger partial charge in [0.25, 0.3) is 11.5 Å². The van der Waals surface area contributed by atoms with Gasteiger partial charge in [0.1, 0.15) is 11.5 Å². The van der Waals surface area contributed by atoms with Crippen LogP contribution in [0.3, 0.4) is 0 Å². The van der Waals surface area contributed by atoms with E-state index < -0.39 is 0 Å². The molecule has 0 bridgehead atoms. The van der Waals surface area contributed by atoms with Crippen molar-refractivity contribution in [3.63, 3.8) is 0 Å². The van der Waals surface area contributed by atoms with Crippen LogP contribution < -0.4 is 20.5 Å². The van der Waals surface area contributed by atoms with Gasteiger partial charge < -0.3 is 9.47 Å². The van der Waals surface area contributed by atoms with Gasteiger partial charge in [0.2, 0.25) is 0 Å². The molecule has 4 rings (SSSR count). The van der Waals surface area contributed by atoms with E-state index in [1.165, 1.54) is 10.8 Å². The van der Waals surface area contributed by atoms with Crippen LogP contribution in [0.25, 0.3) is 16.6 Å². The first-order valence-electron chi connectivity index (χ1n) is 10.8. The SMILES string of the molecule is COc1ccc(OC)c(C=NNC(=O)CSc2nc3ccccc3c(=O)n2-c2ccc(C)cc2)c1. The Kier molecular flexibility index (Phi) is 7.47. The fourth-order valence-corrected chi connectivity index (χ4v) is 4.21. The summed E-state index contributed by atoms with van der Waals surface area (Å²) in [6.45, 7) is 1.98. The lowest BCUT2D eigenvalue weighted by Gasteiger charge is -2.13. The van der Waals surface area contributed by atoms with E-state index in [2.05, 4.69) is 15.5 Å². The second-order valence-corrected chi connectivity index (χ2v) is 8.52. The maximum Gasteiger partial charge on any atom is 0.266 e. The largest absolute Gasteiger partial charge is 0.497 e. The maximum absolute atomic E-state index is 13.3. The second kappa shape index (κ2) is 10.9. The molecule has 4 aromatic rings. The minimum Gasteiger partial charge on any atom is -0.497 e. The molecule has 0 saturated heterocycles. The zero-order valence-electron chi connectivity index (χ0n) is 19.5. The minimum absolute atomic E-state index is 0.0171. The number of methoxy groups -OCH3 is 2. The lowest BCUT2D eigenvalue weighted by molar-refractivity contribution is -0.118. The van der Waals surface area contributed by atoms with E-state index in [0.717, 1.165) is 17.3 Å². The fraction of sp³-hybridized carbons (Fsp3) is 0.154. The number of carbonyl (C=O) groups is 1. The Bertz CT molecular complexity index is 1450. The van der Waals surface area contributed by atoms with Crippen molar-refractivity contribution < 1.29 is 14.3 Å². The Morgan fingerprint density at radius 1 is 1.09 bits per heavy atom. The van der Waals surface area contributed by atoms with Gasteiger partial charge in [-0.1, -0.05) is 41.6 Å². The second-order valence-electron chi connectivity index (χ2n) is 7.58. The number of benzene rings is 3. The Morgan fingerprint density at radius 3 is 2.60 bits per heavy atom. The van der Waals surface area contributed by atoms with E-state index in [1.807, 2.05) is 37.3 Å². The molecule has 1 heterocycles. The molecule has 3 aromatic carbocycles. The first kappa shape index (κ1) is 24.0. The van der Waals surface area contributed by atoms with Gasteiger partial charge in [-0.05, 0) is 49.4 Å². The Balaban J connectivity index is 1.54.